The van der Waals surface area contributed by atoms with E-state index in [-0.39, 0.29) is 29.5 Å². The quantitative estimate of drug-likeness (QED) is 0.410. The molecular weight excluding hydrogens is 444 g/mol. The first-order chi connectivity index (χ1) is 16.8. The van der Waals surface area contributed by atoms with Gasteiger partial charge in [0.2, 0.25) is 5.91 Å². The molecule has 3 N–H and O–H groups in total. The molecule has 35 heavy (non-hydrogen) atoms. The molecule has 0 unspecified atom stereocenters. The number of rotatable bonds is 8. The largest absolute Gasteiger partial charge is 0.507 e. The molecule has 4 rings (SSSR count). The Morgan fingerprint density at radius 2 is 1.89 bits per heavy atom. The number of carbonyl (C=O) groups excluding carboxylic acids is 2. The molecule has 2 aromatic carbocycles. The van der Waals surface area contributed by atoms with E-state index in [0.717, 1.165) is 36.3 Å². The van der Waals surface area contributed by atoms with Gasteiger partial charge < -0.3 is 20.5 Å². The van der Waals surface area contributed by atoms with E-state index in [9.17, 15) is 14.7 Å². The Morgan fingerprint density at radius 1 is 1.14 bits per heavy atom. The molecule has 8 heteroatoms. The third-order valence-electron chi connectivity index (χ3n) is 6.21. The number of hydrogen-bond donors (Lipinski definition) is 3. The fourth-order valence-corrected chi connectivity index (χ4v) is 4.09. The molecule has 8 nitrogen and oxygen atoms in total. The van der Waals surface area contributed by atoms with Crippen molar-refractivity contribution in [2.24, 2.45) is 5.92 Å². The van der Waals surface area contributed by atoms with E-state index in [1.54, 1.807) is 19.2 Å². The molecule has 1 aliphatic rings. The van der Waals surface area contributed by atoms with Gasteiger partial charge in [-0.05, 0) is 54.7 Å². The Hall–Kier alpha value is -3.81. The lowest BCUT2D eigenvalue weighted by Crippen LogP contribution is -2.31. The van der Waals surface area contributed by atoms with E-state index < -0.39 is 0 Å². The number of benzene rings is 2. The van der Waals surface area contributed by atoms with E-state index in [0.29, 0.717) is 29.9 Å². The second-order valence-corrected chi connectivity index (χ2v) is 9.38. The lowest BCUT2D eigenvalue weighted by Gasteiger charge is -2.25. The Morgan fingerprint density at radius 3 is 2.49 bits per heavy atom. The number of carbonyl (C=O) groups is 2. The number of nitrogens with zero attached hydrogens (tertiary/aromatic N) is 2. The zero-order chi connectivity index (χ0) is 24.9. The molecule has 0 radical (unpaired) electrons. The fourth-order valence-electron chi connectivity index (χ4n) is 4.09. The van der Waals surface area contributed by atoms with Crippen LogP contribution in [-0.2, 0) is 11.3 Å². The Labute approximate surface area is 205 Å². The van der Waals surface area contributed by atoms with Gasteiger partial charge in [0.25, 0.3) is 0 Å². The smallest absolute Gasteiger partial charge is 0.342 e. The van der Waals surface area contributed by atoms with Gasteiger partial charge in [0.15, 0.2) is 0 Å². The van der Waals surface area contributed by atoms with Crippen molar-refractivity contribution in [3.8, 4) is 22.8 Å². The zero-order valence-electron chi connectivity index (χ0n) is 20.4. The second-order valence-electron chi connectivity index (χ2n) is 9.38. The standard InChI is InChI=1S/C27H32N4O4/c1-17(2)13-26(33)29-20-9-12-22(25(32)14-20)23-15-24(19-5-4-6-19)31(30-23)27(34)28-16-18-7-10-21(35-3)11-8-18/h7-12,14-15,17,19,32H,4-6,13,16H2,1-3H3,(H,28,34)(H,29,33). The minimum Gasteiger partial charge on any atom is -0.507 e. The van der Waals surface area contributed by atoms with E-state index in [1.807, 2.05) is 44.2 Å². The van der Waals surface area contributed by atoms with Crippen LogP contribution in [0.15, 0.2) is 48.5 Å². The number of anilines is 1. The molecule has 0 aliphatic heterocycles. The summed E-state index contributed by atoms with van der Waals surface area (Å²) in [4.78, 5) is 25.1. The number of phenols is 1. The SMILES string of the molecule is COc1ccc(CNC(=O)n2nc(-c3ccc(NC(=O)CC(C)C)cc3O)cc2C2CCC2)cc1. The van der Waals surface area contributed by atoms with Crippen LogP contribution in [0.2, 0.25) is 0 Å². The van der Waals surface area contributed by atoms with Gasteiger partial charge in [0.05, 0.1) is 18.5 Å². The average Bonchev–Trinajstić information content (AvgIpc) is 3.20. The van der Waals surface area contributed by atoms with Gasteiger partial charge >= 0.3 is 6.03 Å². The van der Waals surface area contributed by atoms with E-state index >= 15 is 0 Å². The first-order valence-corrected chi connectivity index (χ1v) is 12.0. The maximum atomic E-state index is 13.1. The van der Waals surface area contributed by atoms with Crippen molar-refractivity contribution in [1.29, 1.82) is 0 Å². The van der Waals surface area contributed by atoms with E-state index in [4.69, 9.17) is 4.74 Å². The van der Waals surface area contributed by atoms with Crippen LogP contribution >= 0.6 is 0 Å². The number of aromatic nitrogens is 2. The average molecular weight is 477 g/mol. The molecule has 1 heterocycles. The summed E-state index contributed by atoms with van der Waals surface area (Å²) in [5.41, 5.74) is 3.34. The number of nitrogens with one attached hydrogen (secondary N) is 2. The summed E-state index contributed by atoms with van der Waals surface area (Å²) in [7, 11) is 1.61. The van der Waals surface area contributed by atoms with Crippen molar-refractivity contribution in [2.75, 3.05) is 12.4 Å². The first kappa shape index (κ1) is 24.3. The van der Waals surface area contributed by atoms with Crippen LogP contribution in [0.5, 0.6) is 11.5 Å². The Balaban J connectivity index is 1.52. The Bertz CT molecular complexity index is 1200. The van der Waals surface area contributed by atoms with Crippen molar-refractivity contribution >= 4 is 17.6 Å². The maximum absolute atomic E-state index is 13.1. The number of aromatic hydroxyl groups is 1. The predicted molar refractivity (Wildman–Crippen MR) is 135 cm³/mol. The highest BCUT2D eigenvalue weighted by Gasteiger charge is 2.27. The molecule has 184 valence electrons. The van der Waals surface area contributed by atoms with Crippen LogP contribution in [0.4, 0.5) is 10.5 Å². The molecule has 0 spiro atoms. The van der Waals surface area contributed by atoms with Gasteiger partial charge in [-0.1, -0.05) is 32.4 Å². The molecule has 2 amide bonds. The van der Waals surface area contributed by atoms with Crippen molar-refractivity contribution in [3.63, 3.8) is 0 Å². The van der Waals surface area contributed by atoms with Gasteiger partial charge in [-0.2, -0.15) is 9.78 Å². The lowest BCUT2D eigenvalue weighted by molar-refractivity contribution is -0.116. The number of amides is 2. The highest BCUT2D eigenvalue weighted by molar-refractivity contribution is 5.91. The van der Waals surface area contributed by atoms with Gasteiger partial charge in [0, 0.05) is 36.2 Å². The van der Waals surface area contributed by atoms with Gasteiger partial charge in [-0.15, -0.1) is 0 Å². The molecule has 1 saturated carbocycles. The van der Waals surface area contributed by atoms with Crippen molar-refractivity contribution < 1.29 is 19.4 Å². The monoisotopic (exact) mass is 476 g/mol. The number of phenolic OH excluding ortho intramolecular Hbond substituents is 1. The fraction of sp³-hybridized carbons (Fsp3) is 0.370. The van der Waals surface area contributed by atoms with Crippen LogP contribution in [0, 0.1) is 5.92 Å². The van der Waals surface area contributed by atoms with Crippen LogP contribution in [0.25, 0.3) is 11.3 Å². The third kappa shape index (κ3) is 5.82. The lowest BCUT2D eigenvalue weighted by atomic mass is 9.82. The molecule has 0 saturated heterocycles. The molecule has 0 bridgehead atoms. The highest BCUT2D eigenvalue weighted by atomic mass is 16.5. The first-order valence-electron chi connectivity index (χ1n) is 12.0. The highest BCUT2D eigenvalue weighted by Crippen LogP contribution is 2.39. The van der Waals surface area contributed by atoms with Gasteiger partial charge in [0.1, 0.15) is 11.5 Å². The summed E-state index contributed by atoms with van der Waals surface area (Å²) >= 11 is 0. The third-order valence-corrected chi connectivity index (χ3v) is 6.21. The molecule has 3 aromatic rings. The van der Waals surface area contributed by atoms with Gasteiger partial charge in [-0.3, -0.25) is 4.79 Å². The topological polar surface area (TPSA) is 105 Å². The normalized spacial score (nSPS) is 13.4. The van der Waals surface area contributed by atoms with Gasteiger partial charge in [-0.25, -0.2) is 4.79 Å². The minimum atomic E-state index is -0.314. The summed E-state index contributed by atoms with van der Waals surface area (Å²) in [5.74, 6) is 1.16. The number of methoxy groups -OCH3 is 1. The van der Waals surface area contributed by atoms with Crippen LogP contribution in [-0.4, -0.2) is 33.9 Å². The van der Waals surface area contributed by atoms with Crippen molar-refractivity contribution in [2.45, 2.75) is 52.0 Å². The summed E-state index contributed by atoms with van der Waals surface area (Å²) in [5, 5.41) is 21.0. The van der Waals surface area contributed by atoms with E-state index in [1.165, 1.54) is 10.7 Å². The van der Waals surface area contributed by atoms with Crippen molar-refractivity contribution in [1.82, 2.24) is 15.1 Å². The van der Waals surface area contributed by atoms with Crippen LogP contribution in [0.3, 0.4) is 0 Å². The van der Waals surface area contributed by atoms with Crippen LogP contribution in [0.1, 0.15) is 56.7 Å². The summed E-state index contributed by atoms with van der Waals surface area (Å²) in [6.07, 6.45) is 3.53. The summed E-state index contributed by atoms with van der Waals surface area (Å²) in [6, 6.07) is 14.0. The summed E-state index contributed by atoms with van der Waals surface area (Å²) in [6.45, 7) is 4.31. The zero-order valence-corrected chi connectivity index (χ0v) is 20.4. The molecule has 1 aliphatic carbocycles. The second kappa shape index (κ2) is 10.6. The summed E-state index contributed by atoms with van der Waals surface area (Å²) < 4.78 is 6.60. The molecule has 1 aromatic heterocycles. The predicted octanol–water partition coefficient (Wildman–Crippen LogP) is 5.27. The van der Waals surface area contributed by atoms with Crippen molar-refractivity contribution in [3.05, 3.63) is 59.8 Å². The molecule has 0 atom stereocenters. The van der Waals surface area contributed by atoms with E-state index in [2.05, 4.69) is 15.7 Å². The maximum Gasteiger partial charge on any atom is 0.342 e. The molecular formula is C27H32N4O4. The number of hydrogen-bond acceptors (Lipinski definition) is 5. The Kier molecular flexibility index (Phi) is 7.39. The minimum absolute atomic E-state index is 0.00389. The number of ether oxygens (including phenoxy) is 1. The van der Waals surface area contributed by atoms with Crippen LogP contribution < -0.4 is 15.4 Å². The molecule has 1 fully saturated rings.